The van der Waals surface area contributed by atoms with Crippen LogP contribution in [0, 0.1) is 6.92 Å². The highest BCUT2D eigenvalue weighted by molar-refractivity contribution is 7.99. The molecule has 0 bridgehead atoms. The number of sulfone groups is 1. The molecule has 11 heteroatoms. The van der Waals surface area contributed by atoms with Crippen LogP contribution in [-0.2, 0) is 21.2 Å². The number of hydrogen-bond donors (Lipinski definition) is 1. The molecule has 1 N–H and O–H groups in total. The summed E-state index contributed by atoms with van der Waals surface area (Å²) >= 11 is 2.63. The van der Waals surface area contributed by atoms with Crippen LogP contribution in [0.4, 0.5) is 5.13 Å². The third-order valence-corrected chi connectivity index (χ3v) is 8.58. The summed E-state index contributed by atoms with van der Waals surface area (Å²) in [6.07, 6.45) is 2.25. The van der Waals surface area contributed by atoms with Gasteiger partial charge in [0.1, 0.15) is 5.82 Å². The minimum absolute atomic E-state index is 0.0841. The molecule has 0 radical (unpaired) electrons. The van der Waals surface area contributed by atoms with Crippen LogP contribution in [0.1, 0.15) is 23.7 Å². The van der Waals surface area contributed by atoms with Crippen molar-refractivity contribution in [3.63, 3.8) is 0 Å². The molecule has 168 valence electrons. The number of benzene rings is 1. The van der Waals surface area contributed by atoms with E-state index in [4.69, 9.17) is 0 Å². The Balaban J connectivity index is 1.39. The van der Waals surface area contributed by atoms with E-state index < -0.39 is 9.84 Å². The molecule has 1 saturated heterocycles. The summed E-state index contributed by atoms with van der Waals surface area (Å²) < 4.78 is 25.5. The van der Waals surface area contributed by atoms with E-state index in [1.807, 2.05) is 41.1 Å². The fourth-order valence-corrected chi connectivity index (χ4v) is 6.71. The largest absolute Gasteiger partial charge is 0.302 e. The molecule has 1 fully saturated rings. The Hall–Kier alpha value is -2.50. The number of carbonyl (C=O) groups is 1. The number of aryl methyl sites for hydroxylation is 1. The highest BCUT2D eigenvalue weighted by Crippen LogP contribution is 2.30. The van der Waals surface area contributed by atoms with E-state index >= 15 is 0 Å². The zero-order chi connectivity index (χ0) is 22.7. The third kappa shape index (κ3) is 5.28. The van der Waals surface area contributed by atoms with Crippen molar-refractivity contribution < 1.29 is 13.2 Å². The average Bonchev–Trinajstić information content (AvgIpc) is 3.46. The van der Waals surface area contributed by atoms with Crippen molar-refractivity contribution in [1.29, 1.82) is 0 Å². The van der Waals surface area contributed by atoms with Gasteiger partial charge in [0, 0.05) is 23.4 Å². The standard InChI is InChI=1S/C21H23N5O3S3/c1-3-9-26-19(16-8-10-32(28,29)13-16)24-25-21(26)31-12-18(27)23-20-22-17(11-30-20)15-6-4-14(2)5-7-15/h3-7,11,16H,1,8-10,12-13H2,2H3,(H,22,23,27)/t16-/m0/s1. The molecule has 3 aromatic rings. The summed E-state index contributed by atoms with van der Waals surface area (Å²) in [6.45, 7) is 6.25. The van der Waals surface area contributed by atoms with Gasteiger partial charge in [0.05, 0.1) is 23.0 Å². The van der Waals surface area contributed by atoms with Gasteiger partial charge >= 0.3 is 0 Å². The minimum atomic E-state index is -3.03. The fourth-order valence-electron chi connectivity index (χ4n) is 3.48. The fraction of sp³-hybridized carbons (Fsp3) is 0.333. The second-order valence-electron chi connectivity index (χ2n) is 7.58. The van der Waals surface area contributed by atoms with Gasteiger partial charge in [0.2, 0.25) is 5.91 Å². The molecule has 0 spiro atoms. The van der Waals surface area contributed by atoms with E-state index in [9.17, 15) is 13.2 Å². The van der Waals surface area contributed by atoms with Crippen LogP contribution in [0.25, 0.3) is 11.3 Å². The van der Waals surface area contributed by atoms with Crippen LogP contribution in [0.2, 0.25) is 0 Å². The van der Waals surface area contributed by atoms with Crippen molar-refractivity contribution in [3.8, 4) is 11.3 Å². The zero-order valence-electron chi connectivity index (χ0n) is 17.5. The Kier molecular flexibility index (Phi) is 6.77. The Morgan fingerprint density at radius 2 is 2.12 bits per heavy atom. The van der Waals surface area contributed by atoms with E-state index in [1.165, 1.54) is 28.7 Å². The summed E-state index contributed by atoms with van der Waals surface area (Å²) in [4.78, 5) is 17.0. The van der Waals surface area contributed by atoms with Crippen LogP contribution in [-0.4, -0.2) is 51.3 Å². The second-order valence-corrected chi connectivity index (χ2v) is 11.6. The molecule has 4 rings (SSSR count). The molecular weight excluding hydrogens is 466 g/mol. The van der Waals surface area contributed by atoms with Gasteiger partial charge in [0.15, 0.2) is 20.1 Å². The average molecular weight is 490 g/mol. The van der Waals surface area contributed by atoms with E-state index in [0.29, 0.717) is 29.1 Å². The number of nitrogens with one attached hydrogen (secondary N) is 1. The number of aromatic nitrogens is 4. The number of carbonyl (C=O) groups excluding carboxylic acids is 1. The number of amides is 1. The molecule has 2 aromatic heterocycles. The van der Waals surface area contributed by atoms with E-state index in [0.717, 1.165) is 11.3 Å². The predicted octanol–water partition coefficient (Wildman–Crippen LogP) is 3.53. The number of rotatable bonds is 8. The van der Waals surface area contributed by atoms with Crippen molar-refractivity contribution in [1.82, 2.24) is 19.7 Å². The normalized spacial score (nSPS) is 17.3. The monoisotopic (exact) mass is 489 g/mol. The molecule has 1 amide bonds. The van der Waals surface area contributed by atoms with Gasteiger partial charge in [-0.15, -0.1) is 28.1 Å². The Morgan fingerprint density at radius 3 is 2.81 bits per heavy atom. The number of thiazole rings is 1. The summed E-state index contributed by atoms with van der Waals surface area (Å²) in [5.74, 6) is 0.654. The maximum absolute atomic E-state index is 12.5. The summed E-state index contributed by atoms with van der Waals surface area (Å²) in [6, 6.07) is 8.06. The number of anilines is 1. The highest BCUT2D eigenvalue weighted by Gasteiger charge is 2.33. The summed E-state index contributed by atoms with van der Waals surface area (Å²) in [5, 5.41) is 14.3. The maximum atomic E-state index is 12.5. The van der Waals surface area contributed by atoms with Gasteiger partial charge in [-0.05, 0) is 13.3 Å². The molecule has 0 saturated carbocycles. The first kappa shape index (κ1) is 22.7. The molecular formula is C21H23N5O3S3. The smallest absolute Gasteiger partial charge is 0.236 e. The predicted molar refractivity (Wildman–Crippen MR) is 128 cm³/mol. The topological polar surface area (TPSA) is 107 Å². The first-order valence-electron chi connectivity index (χ1n) is 10.0. The van der Waals surface area contributed by atoms with Crippen LogP contribution < -0.4 is 5.32 Å². The maximum Gasteiger partial charge on any atom is 0.236 e. The quantitative estimate of drug-likeness (QED) is 0.381. The van der Waals surface area contributed by atoms with Crippen LogP contribution >= 0.6 is 23.1 Å². The lowest BCUT2D eigenvalue weighted by Crippen LogP contribution is -2.15. The lowest BCUT2D eigenvalue weighted by molar-refractivity contribution is -0.113. The molecule has 1 aliphatic heterocycles. The number of nitrogens with zero attached hydrogens (tertiary/aromatic N) is 4. The van der Waals surface area contributed by atoms with Crippen molar-refractivity contribution in [2.75, 3.05) is 22.6 Å². The van der Waals surface area contributed by atoms with Crippen molar-refractivity contribution in [3.05, 3.63) is 53.7 Å². The second kappa shape index (κ2) is 9.55. The highest BCUT2D eigenvalue weighted by atomic mass is 32.2. The van der Waals surface area contributed by atoms with E-state index in [1.54, 1.807) is 6.08 Å². The molecule has 1 aliphatic rings. The first-order valence-corrected chi connectivity index (χ1v) is 13.7. The molecule has 0 aliphatic carbocycles. The number of hydrogen-bond acceptors (Lipinski definition) is 8. The van der Waals surface area contributed by atoms with Crippen LogP contribution in [0.15, 0.2) is 47.5 Å². The molecule has 32 heavy (non-hydrogen) atoms. The van der Waals surface area contributed by atoms with Crippen molar-refractivity contribution in [2.24, 2.45) is 0 Å². The number of allylic oxidation sites excluding steroid dienone is 1. The molecule has 3 heterocycles. The summed E-state index contributed by atoms with van der Waals surface area (Å²) in [7, 11) is -3.03. The van der Waals surface area contributed by atoms with Gasteiger partial charge < -0.3 is 9.88 Å². The van der Waals surface area contributed by atoms with Crippen molar-refractivity contribution in [2.45, 2.75) is 31.0 Å². The first-order chi connectivity index (χ1) is 15.3. The van der Waals surface area contributed by atoms with E-state index in [-0.39, 0.29) is 29.1 Å². The third-order valence-electron chi connectivity index (χ3n) is 5.08. The van der Waals surface area contributed by atoms with Gasteiger partial charge in [-0.25, -0.2) is 13.4 Å². The molecule has 1 atom stereocenters. The lowest BCUT2D eigenvalue weighted by Gasteiger charge is -2.11. The number of thioether (sulfide) groups is 1. The van der Waals surface area contributed by atoms with Gasteiger partial charge in [0.25, 0.3) is 0 Å². The van der Waals surface area contributed by atoms with Crippen LogP contribution in [0.5, 0.6) is 0 Å². The molecule has 8 nitrogen and oxygen atoms in total. The Morgan fingerprint density at radius 1 is 1.34 bits per heavy atom. The summed E-state index contributed by atoms with van der Waals surface area (Å²) in [5.41, 5.74) is 3.00. The van der Waals surface area contributed by atoms with Crippen molar-refractivity contribution >= 4 is 44.0 Å². The van der Waals surface area contributed by atoms with E-state index in [2.05, 4.69) is 27.1 Å². The molecule has 1 aromatic carbocycles. The Bertz CT molecular complexity index is 1230. The lowest BCUT2D eigenvalue weighted by atomic mass is 10.1. The van der Waals surface area contributed by atoms with Gasteiger partial charge in [-0.3, -0.25) is 4.79 Å². The van der Waals surface area contributed by atoms with Crippen LogP contribution in [0.3, 0.4) is 0 Å². The molecule has 0 unspecified atom stereocenters. The van der Waals surface area contributed by atoms with Gasteiger partial charge in [-0.1, -0.05) is 47.7 Å². The SMILES string of the molecule is C=CCn1c(SCC(=O)Nc2nc(-c3ccc(C)cc3)cs2)nnc1[C@H]1CCS(=O)(=O)C1. The minimum Gasteiger partial charge on any atom is -0.302 e. The zero-order valence-corrected chi connectivity index (χ0v) is 20.0. The Labute approximate surface area is 195 Å². The van der Waals surface area contributed by atoms with Gasteiger partial charge in [-0.2, -0.15) is 0 Å².